The second-order valence-electron chi connectivity index (χ2n) is 7.42. The van der Waals surface area contributed by atoms with Crippen LogP contribution in [0.2, 0.25) is 0 Å². The fourth-order valence-corrected chi connectivity index (χ4v) is 3.55. The van der Waals surface area contributed by atoms with E-state index in [-0.39, 0.29) is 29.2 Å². The Morgan fingerprint density at radius 1 is 0.821 bits per heavy atom. The average Bonchev–Trinajstić information content (AvgIpc) is 2.62. The highest BCUT2D eigenvalue weighted by Crippen LogP contribution is 2.22. The van der Waals surface area contributed by atoms with E-state index < -0.39 is 0 Å². The zero-order chi connectivity index (χ0) is 21.2. The Morgan fingerprint density at radius 3 is 2.04 bits per heavy atom. The maximum atomic E-state index is 11.7. The number of halogens is 1. The first kappa shape index (κ1) is 26.9. The van der Waals surface area contributed by atoms with Crippen LogP contribution in [0.3, 0.4) is 0 Å². The Bertz CT molecular complexity index is 439. The van der Waals surface area contributed by atoms with E-state index in [0.717, 1.165) is 77.0 Å². The van der Waals surface area contributed by atoms with Crippen LogP contribution in [0, 0.1) is 5.92 Å². The third-order valence-electron chi connectivity index (χ3n) is 4.85. The van der Waals surface area contributed by atoms with E-state index in [1.54, 1.807) is 6.92 Å². The molecule has 0 rings (SSSR count). The molecule has 0 saturated heterocycles. The van der Waals surface area contributed by atoms with Crippen LogP contribution in [0.4, 0.5) is 0 Å². The second-order valence-corrected chi connectivity index (χ2v) is 7.79. The van der Waals surface area contributed by atoms with Gasteiger partial charge in [-0.1, -0.05) is 39.0 Å². The first-order chi connectivity index (χ1) is 13.4. The summed E-state index contributed by atoms with van der Waals surface area (Å²) in [6.07, 6.45) is 11.4. The molecule has 0 saturated carbocycles. The van der Waals surface area contributed by atoms with Crippen molar-refractivity contribution < 1.29 is 23.9 Å². The van der Waals surface area contributed by atoms with Crippen LogP contribution in [0.25, 0.3) is 0 Å². The van der Waals surface area contributed by atoms with E-state index in [0.29, 0.717) is 13.0 Å². The molecule has 0 amide bonds. The number of unbranched alkanes of at least 4 members (excludes halogenated alkanes) is 5. The van der Waals surface area contributed by atoms with Gasteiger partial charge in [-0.15, -0.1) is 0 Å². The van der Waals surface area contributed by atoms with Gasteiger partial charge in [0.1, 0.15) is 6.10 Å². The van der Waals surface area contributed by atoms with Gasteiger partial charge in [-0.2, -0.15) is 0 Å². The molecule has 0 aliphatic carbocycles. The molecule has 0 N–H and O–H groups in total. The van der Waals surface area contributed by atoms with Crippen molar-refractivity contribution in [1.82, 2.24) is 0 Å². The minimum atomic E-state index is -0.276. The monoisotopic (exact) mass is 418 g/mol. The summed E-state index contributed by atoms with van der Waals surface area (Å²) in [5.74, 6) is -0.521. The van der Waals surface area contributed by atoms with Gasteiger partial charge in [0.25, 0.3) is 0 Å². The molecule has 28 heavy (non-hydrogen) atoms. The minimum Gasteiger partial charge on any atom is -0.466 e. The zero-order valence-electron chi connectivity index (χ0n) is 18.0. The summed E-state index contributed by atoms with van der Waals surface area (Å²) in [6, 6.07) is 0. The smallest absolute Gasteiger partial charge is 0.305 e. The predicted molar refractivity (Wildman–Crippen MR) is 112 cm³/mol. The van der Waals surface area contributed by atoms with E-state index in [9.17, 15) is 14.4 Å². The zero-order valence-corrected chi connectivity index (χ0v) is 18.7. The van der Waals surface area contributed by atoms with Crippen molar-refractivity contribution >= 4 is 28.8 Å². The van der Waals surface area contributed by atoms with E-state index in [2.05, 4.69) is 6.92 Å². The van der Waals surface area contributed by atoms with Crippen molar-refractivity contribution in [2.45, 2.75) is 110 Å². The molecule has 0 spiro atoms. The molecule has 1 unspecified atom stereocenters. The highest BCUT2D eigenvalue weighted by molar-refractivity contribution is 6.63. The van der Waals surface area contributed by atoms with Gasteiger partial charge in [-0.25, -0.2) is 0 Å². The molecule has 0 bridgehead atoms. The normalized spacial score (nSPS) is 13.0. The minimum absolute atomic E-state index is 0.0574. The Kier molecular flexibility index (Phi) is 17.3. The number of hydrogen-bond acceptors (Lipinski definition) is 5. The lowest BCUT2D eigenvalue weighted by molar-refractivity contribution is -0.147. The number of carbonyl (C=O) groups excluding carboxylic acids is 3. The fraction of sp³-hybridized carbons (Fsp3) is 0.864. The first-order valence-electron chi connectivity index (χ1n) is 10.9. The van der Waals surface area contributed by atoms with Gasteiger partial charge in [0.2, 0.25) is 5.24 Å². The fourth-order valence-electron chi connectivity index (χ4n) is 3.33. The maximum absolute atomic E-state index is 11.7. The van der Waals surface area contributed by atoms with E-state index >= 15 is 0 Å². The highest BCUT2D eigenvalue weighted by Gasteiger charge is 2.18. The molecule has 0 aliphatic heterocycles. The summed E-state index contributed by atoms with van der Waals surface area (Å²) in [7, 11) is 0. The standard InChI is InChI=1S/C22H39ClO5/c1-4-6-9-15-20(28-18(3)24)16-12-14-19(22(23)26)13-10-7-8-11-17-21(25)27-5-2/h19-20H,4-17H2,1-3H3/t19?,20-/m1/s1. The Hall–Kier alpha value is -1.10. The summed E-state index contributed by atoms with van der Waals surface area (Å²) >= 11 is 5.78. The van der Waals surface area contributed by atoms with Crippen LogP contribution in [-0.4, -0.2) is 29.9 Å². The molecule has 0 heterocycles. The van der Waals surface area contributed by atoms with Crippen molar-refractivity contribution in [2.24, 2.45) is 5.92 Å². The summed E-state index contributed by atoms with van der Waals surface area (Å²) in [6.45, 7) is 5.82. The molecule has 0 fully saturated rings. The van der Waals surface area contributed by atoms with Gasteiger partial charge in [-0.3, -0.25) is 14.4 Å². The lowest BCUT2D eigenvalue weighted by atomic mass is 9.94. The van der Waals surface area contributed by atoms with Gasteiger partial charge in [-0.05, 0) is 63.5 Å². The van der Waals surface area contributed by atoms with Gasteiger partial charge >= 0.3 is 11.9 Å². The molecule has 0 radical (unpaired) electrons. The third kappa shape index (κ3) is 15.9. The quantitative estimate of drug-likeness (QED) is 0.156. The molecular formula is C22H39ClO5. The largest absolute Gasteiger partial charge is 0.466 e. The van der Waals surface area contributed by atoms with Crippen molar-refractivity contribution in [3.05, 3.63) is 0 Å². The Balaban J connectivity index is 4.06. The van der Waals surface area contributed by atoms with Crippen LogP contribution in [-0.2, 0) is 23.9 Å². The van der Waals surface area contributed by atoms with Crippen molar-refractivity contribution in [1.29, 1.82) is 0 Å². The van der Waals surface area contributed by atoms with Crippen LogP contribution in [0.15, 0.2) is 0 Å². The van der Waals surface area contributed by atoms with Gasteiger partial charge in [0.05, 0.1) is 6.61 Å². The van der Waals surface area contributed by atoms with Gasteiger partial charge in [0, 0.05) is 19.3 Å². The maximum Gasteiger partial charge on any atom is 0.305 e. The topological polar surface area (TPSA) is 69.7 Å². The molecule has 2 atom stereocenters. The lowest BCUT2D eigenvalue weighted by Crippen LogP contribution is -2.17. The average molecular weight is 419 g/mol. The third-order valence-corrected chi connectivity index (χ3v) is 5.16. The molecule has 5 nitrogen and oxygen atoms in total. The first-order valence-corrected chi connectivity index (χ1v) is 11.3. The molecule has 164 valence electrons. The highest BCUT2D eigenvalue weighted by atomic mass is 35.5. The molecule has 0 aromatic rings. The number of rotatable bonds is 18. The molecule has 0 aromatic heterocycles. The van der Waals surface area contributed by atoms with Gasteiger partial charge < -0.3 is 9.47 Å². The van der Waals surface area contributed by atoms with Crippen molar-refractivity contribution in [2.75, 3.05) is 6.61 Å². The summed E-state index contributed by atoms with van der Waals surface area (Å²) in [5.41, 5.74) is 0. The number of hydrogen-bond donors (Lipinski definition) is 0. The summed E-state index contributed by atoms with van der Waals surface area (Å²) in [4.78, 5) is 34.3. The second kappa shape index (κ2) is 18.0. The molecule has 0 aliphatic rings. The number of carbonyl (C=O) groups is 3. The summed E-state index contributed by atoms with van der Waals surface area (Å²) in [5, 5.41) is -0.276. The SMILES string of the molecule is CCCCC[C@H](CCCC(CCCCCCC(=O)OCC)C(=O)Cl)OC(C)=O. The van der Waals surface area contributed by atoms with Crippen LogP contribution in [0.5, 0.6) is 0 Å². The van der Waals surface area contributed by atoms with Crippen LogP contribution in [0.1, 0.15) is 104 Å². The van der Waals surface area contributed by atoms with Crippen molar-refractivity contribution in [3.63, 3.8) is 0 Å². The Morgan fingerprint density at radius 2 is 1.43 bits per heavy atom. The van der Waals surface area contributed by atoms with E-state index in [1.165, 1.54) is 6.92 Å². The number of esters is 2. The molecular weight excluding hydrogens is 380 g/mol. The van der Waals surface area contributed by atoms with Crippen molar-refractivity contribution in [3.8, 4) is 0 Å². The lowest BCUT2D eigenvalue weighted by Gasteiger charge is -2.18. The molecule has 6 heteroatoms. The van der Waals surface area contributed by atoms with Crippen LogP contribution < -0.4 is 0 Å². The summed E-state index contributed by atoms with van der Waals surface area (Å²) < 4.78 is 10.3. The Labute approximate surface area is 175 Å². The predicted octanol–water partition coefficient (Wildman–Crippen LogP) is 5.95. The number of ether oxygens (including phenoxy) is 2. The van der Waals surface area contributed by atoms with E-state index in [1.807, 2.05) is 0 Å². The van der Waals surface area contributed by atoms with Gasteiger partial charge in [0.15, 0.2) is 0 Å². The van der Waals surface area contributed by atoms with E-state index in [4.69, 9.17) is 21.1 Å². The molecule has 0 aromatic carbocycles. The van der Waals surface area contributed by atoms with Crippen LogP contribution >= 0.6 is 11.6 Å².